The summed E-state index contributed by atoms with van der Waals surface area (Å²) < 4.78 is 11.2. The van der Waals surface area contributed by atoms with Crippen molar-refractivity contribution in [2.75, 3.05) is 12.4 Å². The number of hydrogen-bond donors (Lipinski definition) is 2. The number of rotatable bonds is 4. The Morgan fingerprint density at radius 1 is 1.04 bits per heavy atom. The molecule has 2 aromatic carbocycles. The van der Waals surface area contributed by atoms with Gasteiger partial charge in [-0.2, -0.15) is 0 Å². The molecule has 2 aromatic heterocycles. The molecule has 0 saturated carbocycles. The second-order valence-electron chi connectivity index (χ2n) is 5.66. The molecule has 0 fully saturated rings. The van der Waals surface area contributed by atoms with Crippen LogP contribution in [0.1, 0.15) is 21.0 Å². The average Bonchev–Trinajstić information content (AvgIpc) is 3.04. The largest absolute Gasteiger partial charge is 0.495 e. The molecule has 1 amide bonds. The second kappa shape index (κ2) is 6.41. The van der Waals surface area contributed by atoms with Crippen LogP contribution in [0.15, 0.2) is 53.2 Å². The average molecular weight is 363 g/mol. The molecule has 4 aromatic rings. The molecule has 0 aliphatic heterocycles. The quantitative estimate of drug-likeness (QED) is 0.571. The van der Waals surface area contributed by atoms with E-state index in [0.29, 0.717) is 22.6 Å². The number of benzene rings is 2. The lowest BCUT2D eigenvalue weighted by Crippen LogP contribution is -2.19. The summed E-state index contributed by atoms with van der Waals surface area (Å²) in [6.07, 6.45) is 2.46. The summed E-state index contributed by atoms with van der Waals surface area (Å²) in [6, 6.07) is 10.9. The van der Waals surface area contributed by atoms with Crippen molar-refractivity contribution in [3.63, 3.8) is 0 Å². The Labute approximate surface area is 152 Å². The first-order valence-electron chi connectivity index (χ1n) is 7.93. The molecule has 8 heteroatoms. The van der Waals surface area contributed by atoms with Crippen LogP contribution in [0, 0.1) is 0 Å². The molecule has 2 N–H and O–H groups in total. The van der Waals surface area contributed by atoms with Gasteiger partial charge in [0, 0.05) is 29.2 Å². The van der Waals surface area contributed by atoms with Crippen LogP contribution in [0.2, 0.25) is 0 Å². The van der Waals surface area contributed by atoms with Gasteiger partial charge in [0.15, 0.2) is 11.4 Å². The highest BCUT2D eigenvalue weighted by atomic mass is 16.5. The molecule has 0 saturated heterocycles. The van der Waals surface area contributed by atoms with Crippen LogP contribution in [0.3, 0.4) is 0 Å². The number of amides is 1. The van der Waals surface area contributed by atoms with Crippen molar-refractivity contribution in [2.45, 2.75) is 0 Å². The van der Waals surface area contributed by atoms with E-state index in [0.717, 1.165) is 10.8 Å². The third kappa shape index (κ3) is 2.82. The van der Waals surface area contributed by atoms with Crippen molar-refractivity contribution < 1.29 is 23.8 Å². The zero-order valence-electron chi connectivity index (χ0n) is 14.1. The number of anilines is 1. The zero-order valence-corrected chi connectivity index (χ0v) is 14.1. The first-order valence-corrected chi connectivity index (χ1v) is 7.93. The fourth-order valence-corrected chi connectivity index (χ4v) is 2.86. The third-order valence-electron chi connectivity index (χ3n) is 4.06. The molecule has 0 unspecified atom stereocenters. The van der Waals surface area contributed by atoms with Gasteiger partial charge >= 0.3 is 5.97 Å². The van der Waals surface area contributed by atoms with Crippen molar-refractivity contribution in [1.82, 2.24) is 9.97 Å². The van der Waals surface area contributed by atoms with E-state index < -0.39 is 17.6 Å². The van der Waals surface area contributed by atoms with Crippen molar-refractivity contribution in [3.8, 4) is 5.75 Å². The monoisotopic (exact) mass is 363 g/mol. The molecule has 134 valence electrons. The number of aromatic nitrogens is 2. The summed E-state index contributed by atoms with van der Waals surface area (Å²) in [5, 5.41) is 13.6. The molecular weight excluding hydrogens is 350 g/mol. The molecule has 4 rings (SSSR count). The Morgan fingerprint density at radius 2 is 1.78 bits per heavy atom. The van der Waals surface area contributed by atoms with E-state index in [4.69, 9.17) is 9.15 Å². The predicted octanol–water partition coefficient (Wildman–Crippen LogP) is 3.34. The van der Waals surface area contributed by atoms with Crippen LogP contribution >= 0.6 is 0 Å². The van der Waals surface area contributed by atoms with Crippen molar-refractivity contribution in [2.24, 2.45) is 0 Å². The number of carboxylic acid groups (broad SMARTS) is 1. The second-order valence-corrected chi connectivity index (χ2v) is 5.66. The number of ether oxygens (including phenoxy) is 1. The topological polar surface area (TPSA) is 115 Å². The Morgan fingerprint density at radius 3 is 2.52 bits per heavy atom. The minimum atomic E-state index is -1.34. The van der Waals surface area contributed by atoms with Gasteiger partial charge in [0.05, 0.1) is 12.8 Å². The zero-order chi connectivity index (χ0) is 19.0. The van der Waals surface area contributed by atoms with Crippen LogP contribution < -0.4 is 10.1 Å². The van der Waals surface area contributed by atoms with Gasteiger partial charge in [-0.3, -0.25) is 4.79 Å². The Bertz CT molecular complexity index is 1200. The molecule has 8 nitrogen and oxygen atoms in total. The number of para-hydroxylation sites is 1. The molecule has 0 aliphatic carbocycles. The van der Waals surface area contributed by atoms with E-state index in [1.54, 1.807) is 12.1 Å². The Kier molecular flexibility index (Phi) is 3.92. The number of carboxylic acids is 1. The molecular formula is C19H13N3O5. The normalized spacial score (nSPS) is 10.9. The number of methoxy groups -OCH3 is 1. The minimum Gasteiger partial charge on any atom is -0.495 e. The lowest BCUT2D eigenvalue weighted by molar-refractivity contribution is 0.0685. The summed E-state index contributed by atoms with van der Waals surface area (Å²) >= 11 is 0. The van der Waals surface area contributed by atoms with Crippen molar-refractivity contribution >= 4 is 39.5 Å². The van der Waals surface area contributed by atoms with Gasteiger partial charge in [-0.25, -0.2) is 14.8 Å². The van der Waals surface area contributed by atoms with Gasteiger partial charge < -0.3 is 19.6 Å². The maximum absolute atomic E-state index is 12.6. The van der Waals surface area contributed by atoms with E-state index in [1.807, 2.05) is 24.3 Å². The molecule has 0 spiro atoms. The number of furan rings is 1. The number of nitrogens with zero attached hydrogens (tertiary/aromatic N) is 2. The van der Waals surface area contributed by atoms with Gasteiger partial charge in [-0.05, 0) is 12.1 Å². The van der Waals surface area contributed by atoms with E-state index in [2.05, 4.69) is 15.3 Å². The SMILES string of the molecule is COc1cc2c(cc1NC(=O)c1nccnc1C(=O)O)oc1ccccc12. The summed E-state index contributed by atoms with van der Waals surface area (Å²) in [6.45, 7) is 0. The lowest BCUT2D eigenvalue weighted by Gasteiger charge is -2.10. The summed E-state index contributed by atoms with van der Waals surface area (Å²) in [4.78, 5) is 31.3. The summed E-state index contributed by atoms with van der Waals surface area (Å²) in [5.41, 5.74) is 0.872. The predicted molar refractivity (Wildman–Crippen MR) is 97.2 cm³/mol. The fourth-order valence-electron chi connectivity index (χ4n) is 2.86. The van der Waals surface area contributed by atoms with Gasteiger partial charge in [-0.15, -0.1) is 0 Å². The van der Waals surface area contributed by atoms with Crippen LogP contribution in [-0.2, 0) is 0 Å². The number of hydrogen-bond acceptors (Lipinski definition) is 6. The Balaban J connectivity index is 1.78. The maximum atomic E-state index is 12.6. The number of nitrogens with one attached hydrogen (secondary N) is 1. The van der Waals surface area contributed by atoms with E-state index in [1.165, 1.54) is 19.5 Å². The molecule has 0 radical (unpaired) electrons. The van der Waals surface area contributed by atoms with Crippen LogP contribution in [0.4, 0.5) is 5.69 Å². The lowest BCUT2D eigenvalue weighted by atomic mass is 10.1. The Hall–Kier alpha value is -3.94. The highest BCUT2D eigenvalue weighted by Crippen LogP contribution is 2.36. The molecule has 0 aliphatic rings. The first kappa shape index (κ1) is 16.5. The third-order valence-corrected chi connectivity index (χ3v) is 4.06. The van der Waals surface area contributed by atoms with E-state index in [9.17, 15) is 14.7 Å². The van der Waals surface area contributed by atoms with Crippen LogP contribution in [0.5, 0.6) is 5.75 Å². The standard InChI is InChI=1S/C19H13N3O5/c1-26-15-8-11-10-4-2-3-5-13(10)27-14(11)9-12(15)22-18(23)16-17(19(24)25)21-7-6-20-16/h2-9H,1H3,(H,22,23)(H,24,25). The van der Waals surface area contributed by atoms with Crippen LogP contribution in [-0.4, -0.2) is 34.1 Å². The molecule has 2 heterocycles. The van der Waals surface area contributed by atoms with Gasteiger partial charge in [-0.1, -0.05) is 18.2 Å². The van der Waals surface area contributed by atoms with Gasteiger partial charge in [0.1, 0.15) is 16.9 Å². The number of fused-ring (bicyclic) bond motifs is 3. The summed E-state index contributed by atoms with van der Waals surface area (Å²) in [7, 11) is 1.48. The van der Waals surface area contributed by atoms with Crippen LogP contribution in [0.25, 0.3) is 21.9 Å². The smallest absolute Gasteiger partial charge is 0.356 e. The van der Waals surface area contributed by atoms with Crippen molar-refractivity contribution in [3.05, 3.63) is 60.2 Å². The molecule has 0 bridgehead atoms. The maximum Gasteiger partial charge on any atom is 0.356 e. The number of carbonyl (C=O) groups excluding carboxylic acids is 1. The minimum absolute atomic E-state index is 0.295. The van der Waals surface area contributed by atoms with E-state index in [-0.39, 0.29) is 5.69 Å². The van der Waals surface area contributed by atoms with Gasteiger partial charge in [0.2, 0.25) is 0 Å². The highest BCUT2D eigenvalue weighted by molar-refractivity contribution is 6.11. The van der Waals surface area contributed by atoms with E-state index >= 15 is 0 Å². The van der Waals surface area contributed by atoms with Gasteiger partial charge in [0.25, 0.3) is 5.91 Å². The molecule has 0 atom stereocenters. The first-order chi connectivity index (χ1) is 13.1. The number of aromatic carboxylic acids is 1. The fraction of sp³-hybridized carbons (Fsp3) is 0.0526. The number of carbonyl (C=O) groups is 2. The summed E-state index contributed by atoms with van der Waals surface area (Å²) in [5.74, 6) is -1.65. The van der Waals surface area contributed by atoms with Crippen molar-refractivity contribution in [1.29, 1.82) is 0 Å². The molecule has 27 heavy (non-hydrogen) atoms. The highest BCUT2D eigenvalue weighted by Gasteiger charge is 2.21.